The Labute approximate surface area is 126 Å². The molecule has 0 bridgehead atoms. The Balaban J connectivity index is 2.53. The normalized spacial score (nSPS) is 13.4. The second kappa shape index (κ2) is 6.76. The van der Waals surface area contributed by atoms with Crippen molar-refractivity contribution in [3.63, 3.8) is 0 Å². The largest absolute Gasteiger partial charge is 0.299 e. The van der Waals surface area contributed by atoms with Crippen LogP contribution in [0.4, 0.5) is 0 Å². The van der Waals surface area contributed by atoms with Crippen molar-refractivity contribution in [1.82, 2.24) is 0 Å². The Morgan fingerprint density at radius 1 is 1.21 bits per heavy atom. The van der Waals surface area contributed by atoms with Gasteiger partial charge in [-0.2, -0.15) is 0 Å². The summed E-state index contributed by atoms with van der Waals surface area (Å²) in [6.45, 7) is 8.74. The van der Waals surface area contributed by atoms with Crippen LogP contribution >= 0.6 is 23.2 Å². The Kier molecular flexibility index (Phi) is 5.88. The number of rotatable bonds is 5. The summed E-state index contributed by atoms with van der Waals surface area (Å²) in [5, 5.41) is 1.04. The van der Waals surface area contributed by atoms with Crippen LogP contribution in [0.3, 0.4) is 0 Å². The highest BCUT2D eigenvalue weighted by Crippen LogP contribution is 2.27. The van der Waals surface area contributed by atoms with Crippen LogP contribution in [0.2, 0.25) is 10.0 Å². The number of benzene rings is 1. The van der Waals surface area contributed by atoms with Crippen molar-refractivity contribution in [2.75, 3.05) is 0 Å². The molecule has 1 aromatic carbocycles. The van der Waals surface area contributed by atoms with E-state index in [1.807, 2.05) is 6.07 Å². The van der Waals surface area contributed by atoms with Crippen LogP contribution in [-0.2, 0) is 11.2 Å². The van der Waals surface area contributed by atoms with E-state index in [9.17, 15) is 4.79 Å². The predicted octanol–water partition coefficient (Wildman–Crippen LogP) is 5.57. The lowest BCUT2D eigenvalue weighted by atomic mass is 9.83. The SMILES string of the molecule is CC(CC(=O)Cc1ccc(Cl)c(Cl)c1)CC(C)(C)C. The lowest BCUT2D eigenvalue weighted by Gasteiger charge is -2.22. The molecule has 1 unspecified atom stereocenters. The van der Waals surface area contributed by atoms with Crippen molar-refractivity contribution in [1.29, 1.82) is 0 Å². The molecule has 19 heavy (non-hydrogen) atoms. The van der Waals surface area contributed by atoms with Gasteiger partial charge in [-0.15, -0.1) is 0 Å². The van der Waals surface area contributed by atoms with Gasteiger partial charge in [0.1, 0.15) is 5.78 Å². The molecule has 106 valence electrons. The van der Waals surface area contributed by atoms with Gasteiger partial charge in [0.25, 0.3) is 0 Å². The van der Waals surface area contributed by atoms with Crippen LogP contribution < -0.4 is 0 Å². The summed E-state index contributed by atoms with van der Waals surface area (Å²) in [4.78, 5) is 12.0. The van der Waals surface area contributed by atoms with Gasteiger partial charge < -0.3 is 0 Å². The molecule has 3 heteroatoms. The molecule has 0 aliphatic rings. The quantitative estimate of drug-likeness (QED) is 0.695. The molecule has 1 rings (SSSR count). The Morgan fingerprint density at radius 2 is 1.84 bits per heavy atom. The molecular weight excluding hydrogens is 279 g/mol. The topological polar surface area (TPSA) is 17.1 Å². The highest BCUT2D eigenvalue weighted by molar-refractivity contribution is 6.42. The standard InChI is InChI=1S/C16H22Cl2O/c1-11(10-16(2,3)4)7-13(19)8-12-5-6-14(17)15(18)9-12/h5-6,9,11H,7-8,10H2,1-4H3. The third kappa shape index (κ3) is 6.44. The van der Waals surface area contributed by atoms with Crippen LogP contribution in [-0.4, -0.2) is 5.78 Å². The highest BCUT2D eigenvalue weighted by atomic mass is 35.5. The summed E-state index contributed by atoms with van der Waals surface area (Å²) in [5.41, 5.74) is 1.20. The number of ketones is 1. The first-order valence-electron chi connectivity index (χ1n) is 6.63. The van der Waals surface area contributed by atoms with Gasteiger partial charge in [0.05, 0.1) is 10.0 Å². The molecule has 0 saturated carbocycles. The van der Waals surface area contributed by atoms with Crippen molar-refractivity contribution in [2.45, 2.75) is 47.0 Å². The average Bonchev–Trinajstić information content (AvgIpc) is 2.20. The van der Waals surface area contributed by atoms with Gasteiger partial charge in [-0.3, -0.25) is 4.79 Å². The van der Waals surface area contributed by atoms with Crippen LogP contribution in [0, 0.1) is 11.3 Å². The molecule has 0 amide bonds. The first-order chi connectivity index (χ1) is 8.67. The fourth-order valence-corrected chi connectivity index (χ4v) is 2.78. The van der Waals surface area contributed by atoms with Crippen molar-refractivity contribution >= 4 is 29.0 Å². The molecule has 1 nitrogen and oxygen atoms in total. The van der Waals surface area contributed by atoms with Crippen molar-refractivity contribution in [2.24, 2.45) is 11.3 Å². The molecule has 0 aromatic heterocycles. The van der Waals surface area contributed by atoms with E-state index < -0.39 is 0 Å². The highest BCUT2D eigenvalue weighted by Gasteiger charge is 2.18. The molecule has 0 saturated heterocycles. The fourth-order valence-electron chi connectivity index (χ4n) is 2.46. The fraction of sp³-hybridized carbons (Fsp3) is 0.562. The van der Waals surface area contributed by atoms with Crippen molar-refractivity contribution in [3.05, 3.63) is 33.8 Å². The molecule has 0 aliphatic carbocycles. The summed E-state index contributed by atoms with van der Waals surface area (Å²) >= 11 is 11.8. The minimum Gasteiger partial charge on any atom is -0.299 e. The van der Waals surface area contributed by atoms with Crippen molar-refractivity contribution in [3.8, 4) is 0 Å². The summed E-state index contributed by atoms with van der Waals surface area (Å²) < 4.78 is 0. The number of halogens is 2. The van der Waals surface area contributed by atoms with Gasteiger partial charge in [-0.25, -0.2) is 0 Å². The van der Waals surface area contributed by atoms with Gasteiger partial charge in [0, 0.05) is 12.8 Å². The van der Waals surface area contributed by atoms with E-state index in [0.717, 1.165) is 12.0 Å². The lowest BCUT2D eigenvalue weighted by molar-refractivity contribution is -0.119. The molecular formula is C16H22Cl2O. The maximum Gasteiger partial charge on any atom is 0.137 e. The molecule has 1 aromatic rings. The molecule has 1 atom stereocenters. The lowest BCUT2D eigenvalue weighted by Crippen LogP contribution is -2.15. The zero-order chi connectivity index (χ0) is 14.6. The van der Waals surface area contributed by atoms with E-state index in [0.29, 0.717) is 28.8 Å². The summed E-state index contributed by atoms with van der Waals surface area (Å²) in [6.07, 6.45) is 2.11. The third-order valence-corrected chi connectivity index (χ3v) is 3.66. The third-order valence-electron chi connectivity index (χ3n) is 2.92. The minimum absolute atomic E-state index is 0.259. The maximum absolute atomic E-state index is 12.0. The number of Topliss-reactive ketones (excluding diaryl/α,β-unsaturated/α-hetero) is 1. The average molecular weight is 301 g/mol. The molecule has 0 spiro atoms. The molecule has 0 N–H and O–H groups in total. The van der Waals surface area contributed by atoms with Crippen LogP contribution in [0.5, 0.6) is 0 Å². The van der Waals surface area contributed by atoms with E-state index in [1.165, 1.54) is 0 Å². The van der Waals surface area contributed by atoms with E-state index >= 15 is 0 Å². The Bertz CT molecular complexity index is 447. The van der Waals surface area contributed by atoms with Gasteiger partial charge in [-0.1, -0.05) is 57.0 Å². The van der Waals surface area contributed by atoms with E-state index in [-0.39, 0.29) is 11.2 Å². The van der Waals surface area contributed by atoms with Crippen LogP contribution in [0.1, 0.15) is 46.1 Å². The first-order valence-corrected chi connectivity index (χ1v) is 7.38. The zero-order valence-corrected chi connectivity index (χ0v) is 13.6. The Hall–Kier alpha value is -0.530. The summed E-state index contributed by atoms with van der Waals surface area (Å²) in [6, 6.07) is 5.38. The zero-order valence-electron chi connectivity index (χ0n) is 12.1. The number of carbonyl (C=O) groups excluding carboxylic acids is 1. The van der Waals surface area contributed by atoms with Gasteiger partial charge in [-0.05, 0) is 35.4 Å². The van der Waals surface area contributed by atoms with E-state index in [1.54, 1.807) is 12.1 Å². The monoisotopic (exact) mass is 300 g/mol. The molecule has 0 fully saturated rings. The molecule has 0 aliphatic heterocycles. The smallest absolute Gasteiger partial charge is 0.137 e. The minimum atomic E-state index is 0.259. The second-order valence-electron chi connectivity index (χ2n) is 6.54. The second-order valence-corrected chi connectivity index (χ2v) is 7.35. The molecule has 0 heterocycles. The first kappa shape index (κ1) is 16.5. The summed E-state index contributed by atoms with van der Waals surface area (Å²) in [7, 11) is 0. The van der Waals surface area contributed by atoms with Crippen LogP contribution in [0.25, 0.3) is 0 Å². The van der Waals surface area contributed by atoms with Crippen LogP contribution in [0.15, 0.2) is 18.2 Å². The van der Waals surface area contributed by atoms with Crippen molar-refractivity contribution < 1.29 is 4.79 Å². The van der Waals surface area contributed by atoms with E-state index in [2.05, 4.69) is 27.7 Å². The predicted molar refractivity (Wildman–Crippen MR) is 83.0 cm³/mol. The number of hydrogen-bond donors (Lipinski definition) is 0. The van der Waals surface area contributed by atoms with Gasteiger partial charge in [0.2, 0.25) is 0 Å². The number of hydrogen-bond acceptors (Lipinski definition) is 1. The van der Waals surface area contributed by atoms with Gasteiger partial charge >= 0.3 is 0 Å². The van der Waals surface area contributed by atoms with Gasteiger partial charge in [0.15, 0.2) is 0 Å². The maximum atomic E-state index is 12.0. The Morgan fingerprint density at radius 3 is 2.37 bits per heavy atom. The van der Waals surface area contributed by atoms with E-state index in [4.69, 9.17) is 23.2 Å². The molecule has 0 radical (unpaired) electrons. The summed E-state index contributed by atoms with van der Waals surface area (Å²) in [5.74, 6) is 0.672. The number of carbonyl (C=O) groups is 1.